The Labute approximate surface area is 120 Å². The average molecular weight is 278 g/mol. The van der Waals surface area contributed by atoms with Gasteiger partial charge in [-0.1, -0.05) is 0 Å². The van der Waals surface area contributed by atoms with Crippen molar-refractivity contribution in [3.05, 3.63) is 29.8 Å². The monoisotopic (exact) mass is 278 g/mol. The van der Waals surface area contributed by atoms with Crippen LogP contribution in [0.3, 0.4) is 0 Å². The Hall–Kier alpha value is -1.55. The van der Waals surface area contributed by atoms with Crippen molar-refractivity contribution in [3.63, 3.8) is 0 Å². The minimum absolute atomic E-state index is 0.246. The molecule has 1 aromatic rings. The summed E-state index contributed by atoms with van der Waals surface area (Å²) in [6, 6.07) is 7.11. The Bertz CT molecular complexity index is 410. The van der Waals surface area contributed by atoms with Gasteiger partial charge in [-0.25, -0.2) is 4.79 Å². The van der Waals surface area contributed by atoms with E-state index in [1.54, 1.807) is 29.2 Å². The molecule has 1 saturated heterocycles. The summed E-state index contributed by atoms with van der Waals surface area (Å²) < 4.78 is 10.7. The lowest BCUT2D eigenvalue weighted by molar-refractivity contribution is -0.905. The molecule has 1 heterocycles. The quantitative estimate of drug-likeness (QED) is 0.798. The summed E-state index contributed by atoms with van der Waals surface area (Å²) in [4.78, 5) is 13.4. The maximum atomic E-state index is 11.9. The summed E-state index contributed by atoms with van der Waals surface area (Å²) in [6.07, 6.45) is 3.93. The second kappa shape index (κ2) is 7.90. The Balaban J connectivity index is 1.73. The SMILES string of the molecule is CCOc1ccc(C(=O)OCC[NH+]2CCCCC2)cc1. The van der Waals surface area contributed by atoms with E-state index in [0.717, 1.165) is 12.3 Å². The molecule has 20 heavy (non-hydrogen) atoms. The van der Waals surface area contributed by atoms with Crippen LogP contribution in [0, 0.1) is 0 Å². The van der Waals surface area contributed by atoms with Gasteiger partial charge in [0.1, 0.15) is 18.9 Å². The van der Waals surface area contributed by atoms with Gasteiger partial charge in [0.25, 0.3) is 0 Å². The van der Waals surface area contributed by atoms with E-state index in [4.69, 9.17) is 9.47 Å². The van der Waals surface area contributed by atoms with Gasteiger partial charge in [0.15, 0.2) is 0 Å². The molecule has 0 aliphatic carbocycles. The second-order valence-electron chi connectivity index (χ2n) is 5.15. The van der Waals surface area contributed by atoms with E-state index >= 15 is 0 Å². The molecule has 1 aliphatic heterocycles. The van der Waals surface area contributed by atoms with Crippen molar-refractivity contribution in [2.75, 3.05) is 32.8 Å². The fourth-order valence-corrected chi connectivity index (χ4v) is 2.53. The molecule has 1 aromatic carbocycles. The van der Waals surface area contributed by atoms with Crippen LogP contribution in [0.5, 0.6) is 5.75 Å². The zero-order valence-electron chi connectivity index (χ0n) is 12.2. The number of ether oxygens (including phenoxy) is 2. The van der Waals surface area contributed by atoms with Crippen molar-refractivity contribution < 1.29 is 19.2 Å². The minimum atomic E-state index is -0.246. The van der Waals surface area contributed by atoms with E-state index < -0.39 is 0 Å². The molecular weight excluding hydrogens is 254 g/mol. The lowest BCUT2D eigenvalue weighted by Gasteiger charge is -2.23. The molecule has 1 fully saturated rings. The van der Waals surface area contributed by atoms with Gasteiger partial charge in [-0.3, -0.25) is 0 Å². The fourth-order valence-electron chi connectivity index (χ4n) is 2.53. The summed E-state index contributed by atoms with van der Waals surface area (Å²) >= 11 is 0. The number of carbonyl (C=O) groups is 1. The van der Waals surface area contributed by atoms with Crippen LogP contribution in [0.25, 0.3) is 0 Å². The van der Waals surface area contributed by atoms with Crippen LogP contribution >= 0.6 is 0 Å². The Morgan fingerprint density at radius 2 is 1.85 bits per heavy atom. The molecule has 0 aromatic heterocycles. The zero-order chi connectivity index (χ0) is 14.2. The van der Waals surface area contributed by atoms with E-state index in [1.807, 2.05) is 6.92 Å². The number of nitrogens with one attached hydrogen (secondary N) is 1. The lowest BCUT2D eigenvalue weighted by atomic mass is 10.1. The molecule has 0 radical (unpaired) electrons. The van der Waals surface area contributed by atoms with Crippen LogP contribution in [-0.2, 0) is 4.74 Å². The highest BCUT2D eigenvalue weighted by molar-refractivity contribution is 5.89. The van der Waals surface area contributed by atoms with E-state index in [9.17, 15) is 4.79 Å². The van der Waals surface area contributed by atoms with Gasteiger partial charge in [-0.15, -0.1) is 0 Å². The number of benzene rings is 1. The predicted molar refractivity (Wildman–Crippen MR) is 77.3 cm³/mol. The van der Waals surface area contributed by atoms with Gasteiger partial charge < -0.3 is 14.4 Å². The van der Waals surface area contributed by atoms with Crippen LogP contribution in [0.1, 0.15) is 36.5 Å². The number of hydrogen-bond donors (Lipinski definition) is 1. The van der Waals surface area contributed by atoms with Crippen LogP contribution in [0.2, 0.25) is 0 Å². The van der Waals surface area contributed by atoms with Crippen molar-refractivity contribution in [1.82, 2.24) is 0 Å². The van der Waals surface area contributed by atoms with Gasteiger partial charge >= 0.3 is 5.97 Å². The van der Waals surface area contributed by atoms with Crippen molar-refractivity contribution in [3.8, 4) is 5.75 Å². The number of likely N-dealkylation sites (tertiary alicyclic amines) is 1. The number of quaternary nitrogens is 1. The standard InChI is InChI=1S/C16H23NO3/c1-2-19-15-8-6-14(7-9-15)16(18)20-13-12-17-10-4-3-5-11-17/h6-9H,2-5,10-13H2,1H3/p+1. The molecule has 110 valence electrons. The zero-order valence-corrected chi connectivity index (χ0v) is 12.2. The smallest absolute Gasteiger partial charge is 0.338 e. The second-order valence-corrected chi connectivity index (χ2v) is 5.15. The van der Waals surface area contributed by atoms with Crippen LogP contribution < -0.4 is 9.64 Å². The molecule has 0 spiro atoms. The van der Waals surface area contributed by atoms with Crippen molar-refractivity contribution in [2.24, 2.45) is 0 Å². The molecular formula is C16H24NO3+. The molecule has 0 saturated carbocycles. The van der Waals surface area contributed by atoms with Crippen molar-refractivity contribution in [1.29, 1.82) is 0 Å². The van der Waals surface area contributed by atoms with Gasteiger partial charge in [0, 0.05) is 0 Å². The third-order valence-electron chi connectivity index (χ3n) is 3.65. The largest absolute Gasteiger partial charge is 0.494 e. The molecule has 1 N–H and O–H groups in total. The third-order valence-corrected chi connectivity index (χ3v) is 3.65. The summed E-state index contributed by atoms with van der Waals surface area (Å²) in [6.45, 7) is 6.40. The normalized spacial score (nSPS) is 15.8. The number of hydrogen-bond acceptors (Lipinski definition) is 3. The van der Waals surface area contributed by atoms with Crippen LogP contribution in [-0.4, -0.2) is 38.8 Å². The van der Waals surface area contributed by atoms with E-state index in [0.29, 0.717) is 18.8 Å². The van der Waals surface area contributed by atoms with Crippen molar-refractivity contribution in [2.45, 2.75) is 26.2 Å². The molecule has 2 rings (SSSR count). The highest BCUT2D eigenvalue weighted by Crippen LogP contribution is 2.12. The highest BCUT2D eigenvalue weighted by atomic mass is 16.5. The van der Waals surface area contributed by atoms with Gasteiger partial charge in [-0.05, 0) is 50.5 Å². The van der Waals surface area contributed by atoms with Gasteiger partial charge in [0.2, 0.25) is 0 Å². The number of carbonyl (C=O) groups excluding carboxylic acids is 1. The summed E-state index contributed by atoms with van der Waals surface area (Å²) in [7, 11) is 0. The Morgan fingerprint density at radius 3 is 2.50 bits per heavy atom. The van der Waals surface area contributed by atoms with Crippen LogP contribution in [0.15, 0.2) is 24.3 Å². The molecule has 1 aliphatic rings. The van der Waals surface area contributed by atoms with E-state index in [1.165, 1.54) is 32.4 Å². The first kappa shape index (κ1) is 14.9. The molecule has 0 unspecified atom stereocenters. The predicted octanol–water partition coefficient (Wildman–Crippen LogP) is 1.31. The Morgan fingerprint density at radius 1 is 1.15 bits per heavy atom. The fraction of sp³-hybridized carbons (Fsp3) is 0.562. The maximum absolute atomic E-state index is 11.9. The first-order chi connectivity index (χ1) is 9.79. The van der Waals surface area contributed by atoms with E-state index in [2.05, 4.69) is 0 Å². The van der Waals surface area contributed by atoms with Gasteiger partial charge in [-0.2, -0.15) is 0 Å². The lowest BCUT2D eigenvalue weighted by Crippen LogP contribution is -3.13. The molecule has 0 atom stereocenters. The first-order valence-electron chi connectivity index (χ1n) is 7.53. The average Bonchev–Trinajstić information content (AvgIpc) is 2.49. The third kappa shape index (κ3) is 4.53. The first-order valence-corrected chi connectivity index (χ1v) is 7.53. The van der Waals surface area contributed by atoms with Gasteiger partial charge in [0.05, 0.1) is 25.3 Å². The summed E-state index contributed by atoms with van der Waals surface area (Å²) in [5.74, 6) is 0.534. The maximum Gasteiger partial charge on any atom is 0.338 e. The number of piperidine rings is 1. The molecule has 0 bridgehead atoms. The Kier molecular flexibility index (Phi) is 5.87. The highest BCUT2D eigenvalue weighted by Gasteiger charge is 2.14. The molecule has 4 nitrogen and oxygen atoms in total. The van der Waals surface area contributed by atoms with Crippen molar-refractivity contribution >= 4 is 5.97 Å². The van der Waals surface area contributed by atoms with Crippen LogP contribution in [0.4, 0.5) is 0 Å². The van der Waals surface area contributed by atoms with E-state index in [-0.39, 0.29) is 5.97 Å². The summed E-state index contributed by atoms with van der Waals surface area (Å²) in [5.41, 5.74) is 0.585. The topological polar surface area (TPSA) is 40.0 Å². The minimum Gasteiger partial charge on any atom is -0.494 e. The molecule has 0 amide bonds. The summed E-state index contributed by atoms with van der Waals surface area (Å²) in [5, 5.41) is 0. The molecule has 4 heteroatoms. The number of rotatable bonds is 6. The number of esters is 1.